The molecule has 0 aromatic carbocycles. The summed E-state index contributed by atoms with van der Waals surface area (Å²) in [6, 6.07) is 0.0628. The van der Waals surface area contributed by atoms with Gasteiger partial charge in [-0.05, 0) is 34.1 Å². The minimum Gasteiger partial charge on any atom is -0.396 e. The van der Waals surface area contributed by atoms with Crippen molar-refractivity contribution in [3.63, 3.8) is 0 Å². The van der Waals surface area contributed by atoms with Crippen LogP contribution in [-0.4, -0.2) is 58.6 Å². The molecular formula is C12H24N2O2. The molecule has 94 valence electrons. The highest BCUT2D eigenvalue weighted by molar-refractivity contribution is 5.82. The summed E-state index contributed by atoms with van der Waals surface area (Å²) in [4.78, 5) is 16.2. The van der Waals surface area contributed by atoms with Gasteiger partial charge in [-0.15, -0.1) is 0 Å². The zero-order valence-electron chi connectivity index (χ0n) is 11.0. The molecule has 0 aliphatic carbocycles. The van der Waals surface area contributed by atoms with Gasteiger partial charge in [0.05, 0.1) is 6.04 Å². The van der Waals surface area contributed by atoms with Crippen LogP contribution in [0.15, 0.2) is 0 Å². The summed E-state index contributed by atoms with van der Waals surface area (Å²) < 4.78 is 0. The first kappa shape index (κ1) is 13.5. The van der Waals surface area contributed by atoms with E-state index in [2.05, 4.69) is 32.6 Å². The molecule has 2 unspecified atom stereocenters. The van der Waals surface area contributed by atoms with E-state index in [1.165, 1.54) is 0 Å². The van der Waals surface area contributed by atoms with Crippen LogP contribution in [0.5, 0.6) is 0 Å². The monoisotopic (exact) mass is 228 g/mol. The third kappa shape index (κ3) is 2.55. The Morgan fingerprint density at radius 2 is 2.00 bits per heavy atom. The number of rotatable bonds is 2. The summed E-state index contributed by atoms with van der Waals surface area (Å²) in [5, 5.41) is 9.07. The zero-order valence-corrected chi connectivity index (χ0v) is 11.0. The summed E-state index contributed by atoms with van der Waals surface area (Å²) in [7, 11) is 1.84. The lowest BCUT2D eigenvalue weighted by Crippen LogP contribution is -2.64. The molecule has 0 radical (unpaired) electrons. The molecule has 0 bridgehead atoms. The number of hydrogen-bond donors (Lipinski definition) is 1. The van der Waals surface area contributed by atoms with Crippen molar-refractivity contribution in [2.45, 2.75) is 51.7 Å². The number of aliphatic hydroxyl groups is 1. The third-order valence-electron chi connectivity index (χ3n) is 3.40. The van der Waals surface area contributed by atoms with E-state index in [0.717, 1.165) is 6.54 Å². The first-order chi connectivity index (χ1) is 7.29. The summed E-state index contributed by atoms with van der Waals surface area (Å²) in [6.45, 7) is 9.33. The highest BCUT2D eigenvalue weighted by Gasteiger charge is 2.40. The van der Waals surface area contributed by atoms with Gasteiger partial charge in [0.2, 0.25) is 5.91 Å². The largest absolute Gasteiger partial charge is 0.396 e. The number of nitrogens with zero attached hydrogens (tertiary/aromatic N) is 2. The van der Waals surface area contributed by atoms with Crippen LogP contribution in [0.2, 0.25) is 0 Å². The fourth-order valence-corrected chi connectivity index (χ4v) is 2.26. The normalized spacial score (nSPS) is 28.6. The molecular weight excluding hydrogens is 204 g/mol. The van der Waals surface area contributed by atoms with Gasteiger partial charge in [0, 0.05) is 31.8 Å². The van der Waals surface area contributed by atoms with Crippen LogP contribution >= 0.6 is 0 Å². The van der Waals surface area contributed by atoms with E-state index in [1.54, 1.807) is 4.90 Å². The first-order valence-electron chi connectivity index (χ1n) is 5.93. The highest BCUT2D eigenvalue weighted by atomic mass is 16.3. The second-order valence-corrected chi connectivity index (χ2v) is 5.65. The van der Waals surface area contributed by atoms with Crippen molar-refractivity contribution in [3.8, 4) is 0 Å². The fraction of sp³-hybridized carbons (Fsp3) is 0.917. The van der Waals surface area contributed by atoms with E-state index in [-0.39, 0.29) is 30.1 Å². The van der Waals surface area contributed by atoms with Gasteiger partial charge < -0.3 is 10.0 Å². The van der Waals surface area contributed by atoms with Crippen molar-refractivity contribution in [2.24, 2.45) is 0 Å². The molecule has 1 amide bonds. The Kier molecular flexibility index (Phi) is 3.97. The molecule has 0 aromatic rings. The van der Waals surface area contributed by atoms with Crippen molar-refractivity contribution in [3.05, 3.63) is 0 Å². The Bertz CT molecular complexity index is 260. The fourth-order valence-electron chi connectivity index (χ4n) is 2.26. The Labute approximate surface area is 98.2 Å². The first-order valence-corrected chi connectivity index (χ1v) is 5.93. The van der Waals surface area contributed by atoms with Crippen LogP contribution in [0.1, 0.15) is 34.1 Å². The average Bonchev–Trinajstić information content (AvgIpc) is 2.17. The molecule has 1 aliphatic rings. The molecule has 1 N–H and O–H groups in total. The Balaban J connectivity index is 2.92. The third-order valence-corrected chi connectivity index (χ3v) is 3.40. The Morgan fingerprint density at radius 1 is 1.44 bits per heavy atom. The topological polar surface area (TPSA) is 43.8 Å². The smallest absolute Gasteiger partial charge is 0.240 e. The van der Waals surface area contributed by atoms with Crippen molar-refractivity contribution < 1.29 is 9.90 Å². The van der Waals surface area contributed by atoms with Crippen LogP contribution in [0.3, 0.4) is 0 Å². The van der Waals surface area contributed by atoms with Gasteiger partial charge >= 0.3 is 0 Å². The molecule has 0 spiro atoms. The maximum Gasteiger partial charge on any atom is 0.240 e. The number of aliphatic hydroxyl groups excluding tert-OH is 1. The van der Waals surface area contributed by atoms with E-state index in [0.29, 0.717) is 6.42 Å². The quantitative estimate of drug-likeness (QED) is 0.756. The minimum absolute atomic E-state index is 0.0367. The molecule has 4 heteroatoms. The van der Waals surface area contributed by atoms with E-state index < -0.39 is 0 Å². The maximum absolute atomic E-state index is 12.2. The number of carbonyl (C=O) groups is 1. The van der Waals surface area contributed by atoms with Crippen LogP contribution in [0.4, 0.5) is 0 Å². The summed E-state index contributed by atoms with van der Waals surface area (Å²) in [5.74, 6) is 0.128. The van der Waals surface area contributed by atoms with Crippen LogP contribution < -0.4 is 0 Å². The lowest BCUT2D eigenvalue weighted by atomic mass is 9.96. The SMILES string of the molecule is CC1CN(C(C)(C)C)C(CCO)C(=O)N1C. The van der Waals surface area contributed by atoms with Gasteiger partial charge in [0.15, 0.2) is 0 Å². The van der Waals surface area contributed by atoms with E-state index in [1.807, 2.05) is 7.05 Å². The standard InChI is InChI=1S/C12H24N2O2/c1-9-8-14(12(2,3)4)10(6-7-15)11(16)13(9)5/h9-10,15H,6-8H2,1-5H3. The highest BCUT2D eigenvalue weighted by Crippen LogP contribution is 2.25. The molecule has 1 rings (SSSR count). The summed E-state index contributed by atoms with van der Waals surface area (Å²) >= 11 is 0. The summed E-state index contributed by atoms with van der Waals surface area (Å²) in [5.41, 5.74) is -0.0367. The van der Waals surface area contributed by atoms with Crippen molar-refractivity contribution in [2.75, 3.05) is 20.2 Å². The maximum atomic E-state index is 12.2. The number of likely N-dealkylation sites (N-methyl/N-ethyl adjacent to an activating group) is 1. The van der Waals surface area contributed by atoms with Gasteiger partial charge in [-0.25, -0.2) is 0 Å². The minimum atomic E-state index is -0.175. The zero-order chi connectivity index (χ0) is 12.5. The Hall–Kier alpha value is -0.610. The van der Waals surface area contributed by atoms with Crippen molar-refractivity contribution >= 4 is 5.91 Å². The van der Waals surface area contributed by atoms with Crippen LogP contribution in [-0.2, 0) is 4.79 Å². The molecule has 1 fully saturated rings. The van der Waals surface area contributed by atoms with Gasteiger partial charge in [0.1, 0.15) is 0 Å². The lowest BCUT2D eigenvalue weighted by Gasteiger charge is -2.49. The number of amides is 1. The molecule has 16 heavy (non-hydrogen) atoms. The van der Waals surface area contributed by atoms with E-state index in [4.69, 9.17) is 5.11 Å². The molecule has 4 nitrogen and oxygen atoms in total. The number of piperazine rings is 1. The second-order valence-electron chi connectivity index (χ2n) is 5.65. The van der Waals surface area contributed by atoms with E-state index in [9.17, 15) is 4.79 Å². The van der Waals surface area contributed by atoms with Crippen molar-refractivity contribution in [1.82, 2.24) is 9.80 Å². The number of hydrogen-bond acceptors (Lipinski definition) is 3. The van der Waals surface area contributed by atoms with Gasteiger partial charge in [-0.3, -0.25) is 9.69 Å². The van der Waals surface area contributed by atoms with Crippen LogP contribution in [0.25, 0.3) is 0 Å². The lowest BCUT2D eigenvalue weighted by molar-refractivity contribution is -0.148. The average molecular weight is 228 g/mol. The van der Waals surface area contributed by atoms with Crippen LogP contribution in [0, 0.1) is 0 Å². The van der Waals surface area contributed by atoms with Crippen molar-refractivity contribution in [1.29, 1.82) is 0 Å². The predicted molar refractivity (Wildman–Crippen MR) is 64.2 cm³/mol. The second kappa shape index (κ2) is 4.72. The van der Waals surface area contributed by atoms with Gasteiger partial charge in [-0.2, -0.15) is 0 Å². The molecule has 2 atom stereocenters. The molecule has 0 saturated carbocycles. The molecule has 1 saturated heterocycles. The van der Waals surface area contributed by atoms with Gasteiger partial charge in [0.25, 0.3) is 0 Å². The summed E-state index contributed by atoms with van der Waals surface area (Å²) in [6.07, 6.45) is 0.521. The van der Waals surface area contributed by atoms with E-state index >= 15 is 0 Å². The molecule has 1 heterocycles. The molecule has 0 aromatic heterocycles. The predicted octanol–water partition coefficient (Wildman–Crippen LogP) is 0.698. The Morgan fingerprint density at radius 3 is 2.44 bits per heavy atom. The molecule has 1 aliphatic heterocycles. The number of carbonyl (C=O) groups excluding carboxylic acids is 1. The van der Waals surface area contributed by atoms with Gasteiger partial charge in [-0.1, -0.05) is 0 Å².